The quantitative estimate of drug-likeness (QED) is 0.830. The lowest BCUT2D eigenvalue weighted by atomic mass is 10.1. The van der Waals surface area contributed by atoms with Gasteiger partial charge in [-0.2, -0.15) is 5.26 Å². The summed E-state index contributed by atoms with van der Waals surface area (Å²) in [6, 6.07) is 9.60. The fraction of sp³-hybridized carbons (Fsp3) is 0.312. The highest BCUT2D eigenvalue weighted by atomic mass is 16.2. The van der Waals surface area contributed by atoms with Crippen LogP contribution >= 0.6 is 0 Å². The van der Waals surface area contributed by atoms with E-state index >= 15 is 0 Å². The Morgan fingerprint density at radius 2 is 2.05 bits per heavy atom. The van der Waals surface area contributed by atoms with Gasteiger partial charge in [-0.25, -0.2) is 4.79 Å². The Morgan fingerprint density at radius 3 is 2.76 bits per heavy atom. The second-order valence-electron chi connectivity index (χ2n) is 5.29. The number of nitrogens with zero attached hydrogens (tertiary/aromatic N) is 3. The Hall–Kier alpha value is -2.61. The molecule has 5 heteroatoms. The summed E-state index contributed by atoms with van der Waals surface area (Å²) in [4.78, 5) is 24.9. The Balaban J connectivity index is 2.21. The lowest BCUT2D eigenvalue weighted by Crippen LogP contribution is -2.42. The number of aromatic nitrogens is 2. The van der Waals surface area contributed by atoms with E-state index in [1.807, 2.05) is 37.3 Å². The van der Waals surface area contributed by atoms with Crippen LogP contribution in [-0.4, -0.2) is 9.13 Å². The molecule has 5 nitrogen and oxygen atoms in total. The molecule has 1 aliphatic rings. The first-order chi connectivity index (χ1) is 10.1. The van der Waals surface area contributed by atoms with Crippen molar-refractivity contribution in [2.75, 3.05) is 0 Å². The van der Waals surface area contributed by atoms with Gasteiger partial charge >= 0.3 is 5.69 Å². The van der Waals surface area contributed by atoms with Gasteiger partial charge in [0.15, 0.2) is 0 Å². The molecule has 0 spiro atoms. The van der Waals surface area contributed by atoms with Crippen molar-refractivity contribution in [3.8, 4) is 6.07 Å². The number of aryl methyl sites for hydroxylation is 1. The van der Waals surface area contributed by atoms with E-state index in [4.69, 9.17) is 0 Å². The van der Waals surface area contributed by atoms with Crippen molar-refractivity contribution in [1.29, 1.82) is 5.26 Å². The summed E-state index contributed by atoms with van der Waals surface area (Å²) >= 11 is 0. The molecule has 0 unspecified atom stereocenters. The van der Waals surface area contributed by atoms with Gasteiger partial charge in [-0.1, -0.05) is 24.3 Å². The zero-order valence-electron chi connectivity index (χ0n) is 11.8. The maximum Gasteiger partial charge on any atom is 0.331 e. The minimum atomic E-state index is -0.473. The average Bonchev–Trinajstić information content (AvgIpc) is 2.95. The molecule has 106 valence electrons. The van der Waals surface area contributed by atoms with Gasteiger partial charge in [-0.3, -0.25) is 13.9 Å². The Labute approximate surface area is 121 Å². The van der Waals surface area contributed by atoms with Crippen molar-refractivity contribution >= 4 is 0 Å². The van der Waals surface area contributed by atoms with Crippen LogP contribution < -0.4 is 11.2 Å². The summed E-state index contributed by atoms with van der Waals surface area (Å²) in [5.41, 5.74) is 1.86. The summed E-state index contributed by atoms with van der Waals surface area (Å²) in [6.07, 6.45) is 1.43. The molecule has 2 heterocycles. The Bertz CT molecular complexity index is 869. The first kappa shape index (κ1) is 13.4. The van der Waals surface area contributed by atoms with Gasteiger partial charge in [-0.05, 0) is 30.9 Å². The zero-order chi connectivity index (χ0) is 15.0. The van der Waals surface area contributed by atoms with Gasteiger partial charge < -0.3 is 0 Å². The van der Waals surface area contributed by atoms with Gasteiger partial charge in [0.2, 0.25) is 0 Å². The van der Waals surface area contributed by atoms with Crippen LogP contribution in [0.5, 0.6) is 0 Å². The fourth-order valence-electron chi connectivity index (χ4n) is 2.85. The lowest BCUT2D eigenvalue weighted by Gasteiger charge is -2.12. The molecule has 0 bridgehead atoms. The maximum absolute atomic E-state index is 12.5. The molecule has 21 heavy (non-hydrogen) atoms. The van der Waals surface area contributed by atoms with E-state index in [9.17, 15) is 14.9 Å². The van der Waals surface area contributed by atoms with E-state index in [0.717, 1.165) is 17.5 Å². The third kappa shape index (κ3) is 2.09. The molecule has 1 aliphatic heterocycles. The average molecular weight is 281 g/mol. The Kier molecular flexibility index (Phi) is 3.22. The first-order valence-corrected chi connectivity index (χ1v) is 6.94. The van der Waals surface area contributed by atoms with Crippen molar-refractivity contribution in [3.05, 3.63) is 67.5 Å². The van der Waals surface area contributed by atoms with E-state index in [1.165, 1.54) is 4.57 Å². The maximum atomic E-state index is 12.5. The van der Waals surface area contributed by atoms with E-state index in [2.05, 4.69) is 0 Å². The molecular formula is C16H15N3O2. The van der Waals surface area contributed by atoms with Crippen molar-refractivity contribution in [3.63, 3.8) is 0 Å². The molecule has 3 rings (SSSR count). The fourth-order valence-corrected chi connectivity index (χ4v) is 2.85. The molecule has 0 radical (unpaired) electrons. The van der Waals surface area contributed by atoms with E-state index in [1.54, 1.807) is 4.57 Å². The third-order valence-corrected chi connectivity index (χ3v) is 4.03. The van der Waals surface area contributed by atoms with Crippen LogP contribution in [0.15, 0.2) is 33.9 Å². The molecule has 1 aromatic carbocycles. The normalized spacial score (nSPS) is 13.0. The van der Waals surface area contributed by atoms with Crippen LogP contribution in [0.1, 0.15) is 28.8 Å². The van der Waals surface area contributed by atoms with E-state index < -0.39 is 5.56 Å². The molecule has 0 fully saturated rings. The summed E-state index contributed by atoms with van der Waals surface area (Å²) in [5.74, 6) is 0. The van der Waals surface area contributed by atoms with E-state index in [-0.39, 0.29) is 17.8 Å². The monoisotopic (exact) mass is 281 g/mol. The van der Waals surface area contributed by atoms with Crippen LogP contribution in [0.4, 0.5) is 0 Å². The number of hydrogen-bond acceptors (Lipinski definition) is 3. The minimum Gasteiger partial charge on any atom is -0.296 e. The third-order valence-electron chi connectivity index (χ3n) is 4.03. The SMILES string of the molecule is Cc1ccccc1Cn1c(=O)c(C#N)c2n(c1=O)CCC2. The second kappa shape index (κ2) is 5.06. The predicted octanol–water partition coefficient (Wildman–Crippen LogP) is 1.18. The van der Waals surface area contributed by atoms with Crippen LogP contribution in [-0.2, 0) is 19.5 Å². The highest BCUT2D eigenvalue weighted by Crippen LogP contribution is 2.14. The molecule has 0 aliphatic carbocycles. The predicted molar refractivity (Wildman–Crippen MR) is 78.3 cm³/mol. The number of nitriles is 1. The largest absolute Gasteiger partial charge is 0.331 e. The van der Waals surface area contributed by atoms with Crippen molar-refractivity contribution in [2.24, 2.45) is 0 Å². The molecule has 0 saturated heterocycles. The topological polar surface area (TPSA) is 67.8 Å². The van der Waals surface area contributed by atoms with E-state index in [0.29, 0.717) is 18.7 Å². The molecule has 0 amide bonds. The lowest BCUT2D eigenvalue weighted by molar-refractivity contribution is 0.601. The molecule has 1 aromatic heterocycles. The number of benzene rings is 1. The number of hydrogen-bond donors (Lipinski definition) is 0. The molecule has 0 N–H and O–H groups in total. The van der Waals surface area contributed by atoms with Gasteiger partial charge in [-0.15, -0.1) is 0 Å². The summed E-state index contributed by atoms with van der Waals surface area (Å²) in [7, 11) is 0. The number of fused-ring (bicyclic) bond motifs is 1. The Morgan fingerprint density at radius 1 is 1.29 bits per heavy atom. The van der Waals surface area contributed by atoms with Gasteiger partial charge in [0, 0.05) is 12.2 Å². The van der Waals surface area contributed by atoms with Gasteiger partial charge in [0.05, 0.1) is 6.54 Å². The molecule has 0 atom stereocenters. The minimum absolute atomic E-state index is 0.112. The van der Waals surface area contributed by atoms with Crippen LogP contribution in [0.2, 0.25) is 0 Å². The van der Waals surface area contributed by atoms with Gasteiger partial charge in [0.1, 0.15) is 11.6 Å². The second-order valence-corrected chi connectivity index (χ2v) is 5.29. The van der Waals surface area contributed by atoms with Crippen molar-refractivity contribution < 1.29 is 0 Å². The van der Waals surface area contributed by atoms with Crippen LogP contribution in [0, 0.1) is 18.3 Å². The summed E-state index contributed by atoms with van der Waals surface area (Å²) < 4.78 is 2.74. The zero-order valence-corrected chi connectivity index (χ0v) is 11.8. The highest BCUT2D eigenvalue weighted by Gasteiger charge is 2.22. The molecule has 0 saturated carbocycles. The summed E-state index contributed by atoms with van der Waals surface area (Å²) in [5, 5.41) is 9.24. The summed E-state index contributed by atoms with van der Waals surface area (Å²) in [6.45, 7) is 2.73. The number of rotatable bonds is 2. The standard InChI is InChI=1S/C16H15N3O2/c1-11-5-2-3-6-12(11)10-19-15(20)13(9-17)14-7-4-8-18(14)16(19)21/h2-3,5-6H,4,7-8,10H2,1H3. The van der Waals surface area contributed by atoms with Crippen molar-refractivity contribution in [2.45, 2.75) is 32.9 Å². The van der Waals surface area contributed by atoms with Crippen molar-refractivity contribution in [1.82, 2.24) is 9.13 Å². The molecular weight excluding hydrogens is 266 g/mol. The van der Waals surface area contributed by atoms with Crippen LogP contribution in [0.25, 0.3) is 0 Å². The first-order valence-electron chi connectivity index (χ1n) is 6.94. The molecule has 2 aromatic rings. The highest BCUT2D eigenvalue weighted by molar-refractivity contribution is 5.33. The van der Waals surface area contributed by atoms with Crippen LogP contribution in [0.3, 0.4) is 0 Å². The smallest absolute Gasteiger partial charge is 0.296 e. The van der Waals surface area contributed by atoms with Gasteiger partial charge in [0.25, 0.3) is 5.56 Å².